The van der Waals surface area contributed by atoms with Crippen LogP contribution in [0.25, 0.3) is 0 Å². The Morgan fingerprint density at radius 2 is 1.81 bits per heavy atom. The molecule has 2 unspecified atom stereocenters. The number of esters is 2. The highest BCUT2D eigenvalue weighted by molar-refractivity contribution is 8.13. The van der Waals surface area contributed by atoms with Gasteiger partial charge in [-0.25, -0.2) is 9.79 Å². The van der Waals surface area contributed by atoms with Gasteiger partial charge in [0.2, 0.25) is 0 Å². The number of benzene rings is 1. The fourth-order valence-electron chi connectivity index (χ4n) is 3.21. The fourth-order valence-corrected chi connectivity index (χ4v) is 3.93. The third kappa shape index (κ3) is 4.35. The first-order valence-electron chi connectivity index (χ1n) is 8.80. The van der Waals surface area contributed by atoms with Crippen molar-refractivity contribution in [2.75, 3.05) is 26.6 Å². The third-order valence-corrected chi connectivity index (χ3v) is 5.06. The number of hydrogen-bond donors (Lipinski definition) is 0. The van der Waals surface area contributed by atoms with E-state index < -0.39 is 23.8 Å². The Hall–Kier alpha value is -2.28. The van der Waals surface area contributed by atoms with E-state index in [-0.39, 0.29) is 13.2 Å². The number of carbonyl (C=O) groups is 2. The molecule has 7 heteroatoms. The molecule has 1 heterocycles. The van der Waals surface area contributed by atoms with Crippen LogP contribution in [0.1, 0.15) is 32.3 Å². The second-order valence-electron chi connectivity index (χ2n) is 5.82. The zero-order chi connectivity index (χ0) is 20.0. The van der Waals surface area contributed by atoms with Crippen molar-refractivity contribution in [3.05, 3.63) is 41.1 Å². The molecule has 2 rings (SSSR count). The fraction of sp³-hybridized carbons (Fsp3) is 0.450. The number of hydrogen-bond acceptors (Lipinski definition) is 7. The minimum atomic E-state index is -0.737. The van der Waals surface area contributed by atoms with Crippen LogP contribution in [0, 0.1) is 5.92 Å². The number of ether oxygens (including phenoxy) is 3. The van der Waals surface area contributed by atoms with Gasteiger partial charge >= 0.3 is 11.9 Å². The summed E-state index contributed by atoms with van der Waals surface area (Å²) in [5, 5.41) is 0.606. The van der Waals surface area contributed by atoms with Crippen molar-refractivity contribution in [3.63, 3.8) is 0 Å². The number of aliphatic imine (C=N–C) groups is 1. The Kier molecular flexibility index (Phi) is 7.47. The van der Waals surface area contributed by atoms with E-state index >= 15 is 0 Å². The summed E-state index contributed by atoms with van der Waals surface area (Å²) < 4.78 is 16.1. The Bertz CT molecular complexity index is 771. The molecule has 27 heavy (non-hydrogen) atoms. The van der Waals surface area contributed by atoms with Crippen LogP contribution in [0.5, 0.6) is 5.75 Å². The average Bonchev–Trinajstić information content (AvgIpc) is 2.67. The maximum absolute atomic E-state index is 12.9. The predicted octanol–water partition coefficient (Wildman–Crippen LogP) is 3.57. The van der Waals surface area contributed by atoms with E-state index in [1.807, 2.05) is 24.5 Å². The zero-order valence-corrected chi connectivity index (χ0v) is 17.1. The summed E-state index contributed by atoms with van der Waals surface area (Å²) in [4.78, 5) is 30.1. The smallest absolute Gasteiger partial charge is 0.336 e. The summed E-state index contributed by atoms with van der Waals surface area (Å²) in [6, 6.07) is 7.35. The van der Waals surface area contributed by atoms with Gasteiger partial charge in [0.05, 0.1) is 30.9 Å². The first-order valence-corrected chi connectivity index (χ1v) is 10.0. The lowest BCUT2D eigenvalue weighted by atomic mass is 9.78. The van der Waals surface area contributed by atoms with Crippen LogP contribution >= 0.6 is 11.8 Å². The minimum absolute atomic E-state index is 0.234. The topological polar surface area (TPSA) is 74.2 Å². The molecule has 1 aromatic rings. The van der Waals surface area contributed by atoms with Gasteiger partial charge in [-0.05, 0) is 33.1 Å². The largest absolute Gasteiger partial charge is 0.496 e. The van der Waals surface area contributed by atoms with Gasteiger partial charge in [-0.1, -0.05) is 18.2 Å². The Morgan fingerprint density at radius 3 is 2.41 bits per heavy atom. The van der Waals surface area contributed by atoms with Crippen LogP contribution in [0.2, 0.25) is 0 Å². The molecule has 2 atom stereocenters. The molecule has 0 fully saturated rings. The van der Waals surface area contributed by atoms with Crippen molar-refractivity contribution in [3.8, 4) is 5.75 Å². The Morgan fingerprint density at radius 1 is 1.15 bits per heavy atom. The molecule has 0 amide bonds. The number of allylic oxidation sites excluding steroid dienone is 1. The van der Waals surface area contributed by atoms with Gasteiger partial charge in [0.15, 0.2) is 0 Å². The molecule has 1 aromatic carbocycles. The van der Waals surface area contributed by atoms with E-state index in [0.717, 1.165) is 5.56 Å². The molecular formula is C20H25NO5S. The second kappa shape index (κ2) is 9.60. The van der Waals surface area contributed by atoms with Crippen molar-refractivity contribution < 1.29 is 23.8 Å². The van der Waals surface area contributed by atoms with Crippen molar-refractivity contribution in [1.82, 2.24) is 0 Å². The van der Waals surface area contributed by atoms with Crippen LogP contribution < -0.4 is 4.74 Å². The highest BCUT2D eigenvalue weighted by Gasteiger charge is 2.44. The van der Waals surface area contributed by atoms with E-state index in [1.165, 1.54) is 11.8 Å². The maximum atomic E-state index is 12.9. The number of thioether (sulfide) groups is 1. The molecule has 1 aliphatic heterocycles. The summed E-state index contributed by atoms with van der Waals surface area (Å²) >= 11 is 1.37. The SMILES string of the molecule is CCOC(=O)C1=C(C)N=C(SC)C(C(=O)OCC)C1c1ccccc1OC. The molecule has 0 spiro atoms. The van der Waals surface area contributed by atoms with E-state index in [2.05, 4.69) is 4.99 Å². The van der Waals surface area contributed by atoms with Gasteiger partial charge in [-0.2, -0.15) is 0 Å². The second-order valence-corrected chi connectivity index (χ2v) is 6.65. The van der Waals surface area contributed by atoms with E-state index in [4.69, 9.17) is 14.2 Å². The highest BCUT2D eigenvalue weighted by Crippen LogP contribution is 2.44. The molecule has 6 nitrogen and oxygen atoms in total. The van der Waals surface area contributed by atoms with Crippen LogP contribution in [-0.2, 0) is 19.1 Å². The molecule has 0 radical (unpaired) electrons. The molecule has 1 aliphatic rings. The number of rotatable bonds is 6. The van der Waals surface area contributed by atoms with E-state index in [9.17, 15) is 9.59 Å². The summed E-state index contributed by atoms with van der Waals surface area (Å²) in [7, 11) is 1.56. The molecule has 0 saturated heterocycles. The summed E-state index contributed by atoms with van der Waals surface area (Å²) in [6.45, 7) is 5.73. The van der Waals surface area contributed by atoms with Gasteiger partial charge in [0.25, 0.3) is 0 Å². The number of carbonyl (C=O) groups excluding carboxylic acids is 2. The lowest BCUT2D eigenvalue weighted by Gasteiger charge is -2.32. The number of nitrogens with zero attached hydrogens (tertiary/aromatic N) is 1. The first kappa shape index (κ1) is 21.0. The molecular weight excluding hydrogens is 366 g/mol. The number of methoxy groups -OCH3 is 1. The monoisotopic (exact) mass is 391 g/mol. The molecule has 0 N–H and O–H groups in total. The van der Waals surface area contributed by atoms with Crippen molar-refractivity contribution in [2.45, 2.75) is 26.7 Å². The number of para-hydroxylation sites is 1. The summed E-state index contributed by atoms with van der Waals surface area (Å²) in [5.74, 6) is -1.65. The molecule has 0 saturated carbocycles. The minimum Gasteiger partial charge on any atom is -0.496 e. The molecule has 0 bridgehead atoms. The van der Waals surface area contributed by atoms with Gasteiger partial charge in [-0.3, -0.25) is 4.79 Å². The summed E-state index contributed by atoms with van der Waals surface area (Å²) in [5.41, 5.74) is 1.62. The lowest BCUT2D eigenvalue weighted by Crippen LogP contribution is -2.36. The predicted molar refractivity (Wildman–Crippen MR) is 106 cm³/mol. The average molecular weight is 391 g/mol. The Balaban J connectivity index is 2.72. The maximum Gasteiger partial charge on any atom is 0.336 e. The van der Waals surface area contributed by atoms with Gasteiger partial charge in [0, 0.05) is 17.2 Å². The van der Waals surface area contributed by atoms with Gasteiger partial charge in [0.1, 0.15) is 11.7 Å². The van der Waals surface area contributed by atoms with Crippen molar-refractivity contribution >= 4 is 28.7 Å². The molecule has 0 aliphatic carbocycles. The normalized spacial score (nSPS) is 19.4. The van der Waals surface area contributed by atoms with Crippen LogP contribution in [0.4, 0.5) is 0 Å². The van der Waals surface area contributed by atoms with Gasteiger partial charge in [-0.15, -0.1) is 11.8 Å². The Labute approximate surface area is 164 Å². The van der Waals surface area contributed by atoms with Gasteiger partial charge < -0.3 is 14.2 Å². The lowest BCUT2D eigenvalue weighted by molar-refractivity contribution is -0.146. The zero-order valence-electron chi connectivity index (χ0n) is 16.3. The summed E-state index contributed by atoms with van der Waals surface area (Å²) in [6.07, 6.45) is 1.85. The highest BCUT2D eigenvalue weighted by atomic mass is 32.2. The third-order valence-electron chi connectivity index (χ3n) is 4.30. The molecule has 0 aromatic heterocycles. The van der Waals surface area contributed by atoms with E-state index in [1.54, 1.807) is 33.9 Å². The molecule has 146 valence electrons. The van der Waals surface area contributed by atoms with Crippen LogP contribution in [-0.4, -0.2) is 43.6 Å². The first-order chi connectivity index (χ1) is 13.0. The van der Waals surface area contributed by atoms with Crippen LogP contribution in [0.3, 0.4) is 0 Å². The quantitative estimate of drug-likeness (QED) is 0.690. The van der Waals surface area contributed by atoms with Crippen LogP contribution in [0.15, 0.2) is 40.5 Å². The standard InChI is InChI=1S/C20H25NO5S/c1-6-25-19(22)15-12(3)21-18(27-5)17(20(23)26-7-2)16(15)13-10-8-9-11-14(13)24-4/h8-11,16-17H,6-7H2,1-5H3. The van der Waals surface area contributed by atoms with E-state index in [0.29, 0.717) is 22.1 Å². The van der Waals surface area contributed by atoms with Crippen molar-refractivity contribution in [2.24, 2.45) is 10.9 Å². The van der Waals surface area contributed by atoms with Crippen molar-refractivity contribution in [1.29, 1.82) is 0 Å².